The second kappa shape index (κ2) is 8.73. The Morgan fingerprint density at radius 2 is 1.80 bits per heavy atom. The van der Waals surface area contributed by atoms with Gasteiger partial charge in [-0.3, -0.25) is 14.8 Å². The summed E-state index contributed by atoms with van der Waals surface area (Å²) >= 11 is 0. The van der Waals surface area contributed by atoms with Crippen molar-refractivity contribution < 1.29 is 27.9 Å². The molecule has 3 rings (SSSR count). The van der Waals surface area contributed by atoms with Gasteiger partial charge in [0.2, 0.25) is 0 Å². The highest BCUT2D eigenvalue weighted by Crippen LogP contribution is 2.32. The predicted molar refractivity (Wildman–Crippen MR) is 102 cm³/mol. The van der Waals surface area contributed by atoms with Crippen LogP contribution in [0.15, 0.2) is 67.3 Å². The van der Waals surface area contributed by atoms with E-state index in [0.29, 0.717) is 11.1 Å². The van der Waals surface area contributed by atoms with Crippen molar-refractivity contribution in [1.82, 2.24) is 15.3 Å². The fourth-order valence-electron chi connectivity index (χ4n) is 2.79. The fourth-order valence-corrected chi connectivity index (χ4v) is 2.79. The molecule has 0 fully saturated rings. The minimum atomic E-state index is -4.50. The van der Waals surface area contributed by atoms with E-state index in [1.165, 1.54) is 36.8 Å². The summed E-state index contributed by atoms with van der Waals surface area (Å²) in [6.07, 6.45) is 1.11. The number of rotatable bonds is 6. The number of hydrogen-bond acceptors (Lipinski definition) is 4. The van der Waals surface area contributed by atoms with Gasteiger partial charge >= 0.3 is 12.1 Å². The van der Waals surface area contributed by atoms with Crippen LogP contribution in [0.2, 0.25) is 0 Å². The standard InChI is InChI=1S/C21H16F3N3O3/c22-21(23,24)17-5-1-4-14(9-17)15-8-16(12-26-11-15)19(28)27-18(20(29)30)7-13-3-2-6-25-10-13/h1-6,8-12,18H,7H2,(H,27,28)(H,29,30)/t18-/m0/s1. The zero-order chi connectivity index (χ0) is 21.7. The molecule has 6 nitrogen and oxygen atoms in total. The summed E-state index contributed by atoms with van der Waals surface area (Å²) in [6.45, 7) is 0. The number of carboxylic acid groups (broad SMARTS) is 1. The summed E-state index contributed by atoms with van der Waals surface area (Å²) in [4.78, 5) is 31.9. The first-order valence-corrected chi connectivity index (χ1v) is 8.79. The highest BCUT2D eigenvalue weighted by Gasteiger charge is 2.30. The van der Waals surface area contributed by atoms with Gasteiger partial charge in [0.15, 0.2) is 0 Å². The van der Waals surface area contributed by atoms with Crippen LogP contribution in [0.5, 0.6) is 0 Å². The van der Waals surface area contributed by atoms with E-state index < -0.39 is 29.7 Å². The molecule has 2 N–H and O–H groups in total. The SMILES string of the molecule is O=C(N[C@@H](Cc1cccnc1)C(=O)O)c1cncc(-c2cccc(C(F)(F)F)c2)c1. The third-order valence-corrected chi connectivity index (χ3v) is 4.29. The molecule has 1 aromatic carbocycles. The molecule has 1 atom stereocenters. The van der Waals surface area contributed by atoms with Gasteiger partial charge < -0.3 is 10.4 Å². The molecule has 30 heavy (non-hydrogen) atoms. The highest BCUT2D eigenvalue weighted by molar-refractivity contribution is 5.97. The molecule has 0 saturated carbocycles. The van der Waals surface area contributed by atoms with Crippen LogP contribution in [0.1, 0.15) is 21.5 Å². The van der Waals surface area contributed by atoms with Gasteiger partial charge in [-0.15, -0.1) is 0 Å². The average Bonchev–Trinajstić information content (AvgIpc) is 2.73. The van der Waals surface area contributed by atoms with Crippen molar-refractivity contribution in [3.05, 3.63) is 83.9 Å². The molecule has 0 saturated heterocycles. The summed E-state index contributed by atoms with van der Waals surface area (Å²) in [6, 6.07) is 8.13. The number of halogens is 3. The van der Waals surface area contributed by atoms with Crippen molar-refractivity contribution >= 4 is 11.9 Å². The first-order valence-electron chi connectivity index (χ1n) is 8.79. The topological polar surface area (TPSA) is 92.2 Å². The van der Waals surface area contributed by atoms with Gasteiger partial charge in [0, 0.05) is 36.8 Å². The fraction of sp³-hybridized carbons (Fsp3) is 0.143. The monoisotopic (exact) mass is 415 g/mol. The molecule has 3 aromatic rings. The van der Waals surface area contributed by atoms with Crippen LogP contribution in [-0.4, -0.2) is 33.0 Å². The van der Waals surface area contributed by atoms with Crippen LogP contribution in [0.25, 0.3) is 11.1 Å². The minimum absolute atomic E-state index is 0.0235. The normalized spacial score (nSPS) is 12.2. The summed E-state index contributed by atoms with van der Waals surface area (Å²) in [5, 5.41) is 11.8. The largest absolute Gasteiger partial charge is 0.480 e. The highest BCUT2D eigenvalue weighted by atomic mass is 19.4. The van der Waals surface area contributed by atoms with Crippen molar-refractivity contribution in [2.75, 3.05) is 0 Å². The Labute approximate surface area is 169 Å². The molecule has 0 aliphatic rings. The number of nitrogens with zero attached hydrogens (tertiary/aromatic N) is 2. The molecule has 0 bridgehead atoms. The Kier molecular flexibility index (Phi) is 6.10. The van der Waals surface area contributed by atoms with E-state index in [1.807, 2.05) is 0 Å². The lowest BCUT2D eigenvalue weighted by Gasteiger charge is -2.15. The number of amides is 1. The van der Waals surface area contributed by atoms with Crippen LogP contribution in [0.3, 0.4) is 0 Å². The van der Waals surface area contributed by atoms with Crippen molar-refractivity contribution in [3.63, 3.8) is 0 Å². The van der Waals surface area contributed by atoms with E-state index in [-0.39, 0.29) is 17.5 Å². The maximum Gasteiger partial charge on any atom is 0.416 e. The molecule has 0 aliphatic heterocycles. The molecule has 0 unspecified atom stereocenters. The molecule has 0 spiro atoms. The molecular weight excluding hydrogens is 399 g/mol. The molecular formula is C21H16F3N3O3. The number of carbonyl (C=O) groups is 2. The van der Waals surface area contributed by atoms with E-state index in [4.69, 9.17) is 0 Å². The van der Waals surface area contributed by atoms with Crippen LogP contribution < -0.4 is 5.32 Å². The molecule has 0 aliphatic carbocycles. The van der Waals surface area contributed by atoms with Crippen molar-refractivity contribution in [1.29, 1.82) is 0 Å². The molecule has 154 valence electrons. The van der Waals surface area contributed by atoms with Gasteiger partial charge in [-0.2, -0.15) is 13.2 Å². The number of nitrogens with one attached hydrogen (secondary N) is 1. The van der Waals surface area contributed by atoms with E-state index in [0.717, 1.165) is 12.1 Å². The number of pyridine rings is 2. The minimum Gasteiger partial charge on any atom is -0.480 e. The van der Waals surface area contributed by atoms with Crippen molar-refractivity contribution in [3.8, 4) is 11.1 Å². The van der Waals surface area contributed by atoms with E-state index >= 15 is 0 Å². The van der Waals surface area contributed by atoms with Crippen LogP contribution in [0, 0.1) is 0 Å². The Balaban J connectivity index is 1.81. The summed E-state index contributed by atoms with van der Waals surface area (Å²) in [7, 11) is 0. The quantitative estimate of drug-likeness (QED) is 0.642. The zero-order valence-electron chi connectivity index (χ0n) is 15.4. The van der Waals surface area contributed by atoms with Crippen LogP contribution in [-0.2, 0) is 17.4 Å². The number of alkyl halides is 3. The third-order valence-electron chi connectivity index (χ3n) is 4.29. The summed E-state index contributed by atoms with van der Waals surface area (Å²) in [5.74, 6) is -1.93. The maximum absolute atomic E-state index is 12.9. The van der Waals surface area contributed by atoms with E-state index in [2.05, 4.69) is 15.3 Å². The van der Waals surface area contributed by atoms with Gasteiger partial charge in [0.25, 0.3) is 5.91 Å². The number of hydrogen-bond donors (Lipinski definition) is 2. The zero-order valence-corrected chi connectivity index (χ0v) is 15.4. The molecule has 2 heterocycles. The molecule has 2 aromatic heterocycles. The first kappa shape index (κ1) is 21.0. The average molecular weight is 415 g/mol. The first-order chi connectivity index (χ1) is 14.2. The number of carbonyl (C=O) groups excluding carboxylic acids is 1. The number of carboxylic acids is 1. The summed E-state index contributed by atoms with van der Waals surface area (Å²) in [5.41, 5.74) is 0.366. The third kappa shape index (κ3) is 5.19. The van der Waals surface area contributed by atoms with Crippen LogP contribution in [0.4, 0.5) is 13.2 Å². The van der Waals surface area contributed by atoms with Gasteiger partial charge in [0.1, 0.15) is 6.04 Å². The number of benzene rings is 1. The van der Waals surface area contributed by atoms with Gasteiger partial charge in [-0.1, -0.05) is 18.2 Å². The number of aromatic nitrogens is 2. The second-order valence-electron chi connectivity index (χ2n) is 6.47. The molecule has 0 radical (unpaired) electrons. The van der Waals surface area contributed by atoms with Gasteiger partial charge in [0.05, 0.1) is 11.1 Å². The van der Waals surface area contributed by atoms with Gasteiger partial charge in [-0.05, 0) is 35.4 Å². The van der Waals surface area contributed by atoms with Gasteiger partial charge in [-0.25, -0.2) is 4.79 Å². The lowest BCUT2D eigenvalue weighted by Crippen LogP contribution is -2.42. The lowest BCUT2D eigenvalue weighted by atomic mass is 10.0. The second-order valence-corrected chi connectivity index (χ2v) is 6.47. The van der Waals surface area contributed by atoms with Crippen molar-refractivity contribution in [2.24, 2.45) is 0 Å². The lowest BCUT2D eigenvalue weighted by molar-refractivity contribution is -0.139. The van der Waals surface area contributed by atoms with Crippen LogP contribution >= 0.6 is 0 Å². The smallest absolute Gasteiger partial charge is 0.416 e. The Morgan fingerprint density at radius 3 is 2.47 bits per heavy atom. The Hall–Kier alpha value is -3.75. The van der Waals surface area contributed by atoms with E-state index in [9.17, 15) is 27.9 Å². The Bertz CT molecular complexity index is 1060. The molecule has 9 heteroatoms. The summed E-state index contributed by atoms with van der Waals surface area (Å²) < 4.78 is 38.8. The number of aliphatic carboxylic acids is 1. The molecule has 1 amide bonds. The van der Waals surface area contributed by atoms with E-state index in [1.54, 1.807) is 18.3 Å². The maximum atomic E-state index is 12.9. The predicted octanol–water partition coefficient (Wildman–Crippen LogP) is 3.59. The van der Waals surface area contributed by atoms with Crippen molar-refractivity contribution in [2.45, 2.75) is 18.6 Å². The Morgan fingerprint density at radius 1 is 1.00 bits per heavy atom.